The van der Waals surface area contributed by atoms with Crippen molar-refractivity contribution < 1.29 is 39.5 Å². The van der Waals surface area contributed by atoms with E-state index in [1.165, 1.54) is 0 Å². The van der Waals surface area contributed by atoms with Crippen LogP contribution in [0, 0.1) is 0 Å². The number of ether oxygens (including phenoxy) is 1. The van der Waals surface area contributed by atoms with E-state index >= 15 is 0 Å². The molecule has 1 rings (SSSR count). The van der Waals surface area contributed by atoms with Gasteiger partial charge in [-0.25, -0.2) is 0 Å². The molecule has 0 aromatic rings. The minimum Gasteiger partial charge on any atom is -0.550 e. The van der Waals surface area contributed by atoms with Crippen LogP contribution in [0.25, 0.3) is 0 Å². The molecule has 0 amide bonds. The highest BCUT2D eigenvalue weighted by Crippen LogP contribution is 2.13. The number of carboxylic acids is 3. The summed E-state index contributed by atoms with van der Waals surface area (Å²) >= 11 is 0. The first-order chi connectivity index (χ1) is 7.28. The maximum absolute atomic E-state index is 10.1. The number of carbonyl (C=O) groups is 3. The summed E-state index contributed by atoms with van der Waals surface area (Å²) in [6, 6.07) is 0. The van der Waals surface area contributed by atoms with Crippen molar-refractivity contribution in [3.8, 4) is 0 Å². The SMILES string of the molecule is C1CO1.O=C([O-])CC(O)(CC(=O)[O-])C(=O)[O-]. The second kappa shape index (κ2) is 6.03. The Labute approximate surface area is 90.1 Å². The Morgan fingerprint density at radius 1 is 1.06 bits per heavy atom. The smallest absolute Gasteiger partial charge is 0.114 e. The zero-order valence-corrected chi connectivity index (χ0v) is 8.13. The van der Waals surface area contributed by atoms with Crippen LogP contribution >= 0.6 is 0 Å². The zero-order chi connectivity index (χ0) is 12.8. The van der Waals surface area contributed by atoms with Crippen LogP contribution in [0.1, 0.15) is 12.8 Å². The molecular formula is C8H9O8-3. The van der Waals surface area contributed by atoms with Crippen LogP contribution in [-0.4, -0.2) is 41.8 Å². The van der Waals surface area contributed by atoms with Gasteiger partial charge in [0, 0.05) is 24.8 Å². The first-order valence-electron chi connectivity index (χ1n) is 4.19. The van der Waals surface area contributed by atoms with E-state index in [1.54, 1.807) is 0 Å². The minimum atomic E-state index is -2.97. The molecule has 8 heteroatoms. The van der Waals surface area contributed by atoms with Crippen molar-refractivity contribution in [3.05, 3.63) is 0 Å². The topological polar surface area (TPSA) is 153 Å². The van der Waals surface area contributed by atoms with Gasteiger partial charge in [-0.15, -0.1) is 0 Å². The third kappa shape index (κ3) is 6.74. The fraction of sp³-hybridized carbons (Fsp3) is 0.625. The van der Waals surface area contributed by atoms with Crippen LogP contribution in [0.3, 0.4) is 0 Å². The standard InChI is InChI=1S/C6H8O7.C2H4O/c7-3(8)1-6(13,5(11)12)2-4(9)10;1-2-3-1/h13H,1-2H2,(H,7,8)(H,9,10)(H,11,12);1-2H2/p-3. The van der Waals surface area contributed by atoms with E-state index in [0.29, 0.717) is 0 Å². The molecular weight excluding hydrogens is 224 g/mol. The van der Waals surface area contributed by atoms with Crippen LogP contribution in [-0.2, 0) is 19.1 Å². The molecule has 16 heavy (non-hydrogen) atoms. The third-order valence-electron chi connectivity index (χ3n) is 1.46. The van der Waals surface area contributed by atoms with Crippen LogP contribution in [0.15, 0.2) is 0 Å². The highest BCUT2D eigenvalue weighted by molar-refractivity contribution is 5.86. The molecule has 0 unspecified atom stereocenters. The number of carboxylic acid groups (broad SMARTS) is 3. The lowest BCUT2D eigenvalue weighted by atomic mass is 9.96. The zero-order valence-electron chi connectivity index (χ0n) is 8.13. The molecule has 1 heterocycles. The number of carbonyl (C=O) groups excluding carboxylic acids is 3. The number of hydrogen-bond acceptors (Lipinski definition) is 8. The molecule has 0 aromatic carbocycles. The molecule has 1 aliphatic heterocycles. The Morgan fingerprint density at radius 3 is 1.50 bits per heavy atom. The molecule has 0 radical (unpaired) electrons. The van der Waals surface area contributed by atoms with Crippen LogP contribution in [0.2, 0.25) is 0 Å². The highest BCUT2D eigenvalue weighted by Gasteiger charge is 2.29. The molecule has 1 fully saturated rings. The molecule has 92 valence electrons. The largest absolute Gasteiger partial charge is 0.550 e. The van der Waals surface area contributed by atoms with Gasteiger partial charge in [-0.2, -0.15) is 0 Å². The lowest BCUT2D eigenvalue weighted by molar-refractivity contribution is -0.339. The molecule has 0 spiro atoms. The van der Waals surface area contributed by atoms with Crippen molar-refractivity contribution in [2.24, 2.45) is 0 Å². The fourth-order valence-electron chi connectivity index (χ4n) is 0.684. The van der Waals surface area contributed by atoms with Crippen molar-refractivity contribution in [3.63, 3.8) is 0 Å². The van der Waals surface area contributed by atoms with Gasteiger partial charge in [0.05, 0.1) is 19.2 Å². The van der Waals surface area contributed by atoms with Crippen LogP contribution < -0.4 is 15.3 Å². The molecule has 0 atom stereocenters. The van der Waals surface area contributed by atoms with Gasteiger partial charge in [0.2, 0.25) is 0 Å². The molecule has 1 saturated heterocycles. The average molecular weight is 233 g/mol. The van der Waals surface area contributed by atoms with E-state index in [0.717, 1.165) is 13.2 Å². The summed E-state index contributed by atoms with van der Waals surface area (Å²) in [4.78, 5) is 30.0. The van der Waals surface area contributed by atoms with E-state index in [1.807, 2.05) is 0 Å². The quantitative estimate of drug-likeness (QED) is 0.462. The minimum absolute atomic E-state index is 1.00. The molecule has 1 aliphatic rings. The van der Waals surface area contributed by atoms with Gasteiger partial charge < -0.3 is 39.5 Å². The summed E-state index contributed by atoms with van der Waals surface area (Å²) in [5, 5.41) is 38.9. The normalized spacial score (nSPS) is 13.3. The van der Waals surface area contributed by atoms with Gasteiger partial charge in [-0.05, 0) is 0 Å². The summed E-state index contributed by atoms with van der Waals surface area (Å²) in [5.74, 6) is -5.98. The number of epoxide rings is 1. The van der Waals surface area contributed by atoms with Crippen molar-refractivity contribution in [2.45, 2.75) is 18.4 Å². The molecule has 0 saturated carbocycles. The fourth-order valence-corrected chi connectivity index (χ4v) is 0.684. The Balaban J connectivity index is 0.000000635. The summed E-state index contributed by atoms with van der Waals surface area (Å²) in [7, 11) is 0. The monoisotopic (exact) mass is 233 g/mol. The summed E-state index contributed by atoms with van der Waals surface area (Å²) < 4.78 is 4.50. The van der Waals surface area contributed by atoms with Gasteiger partial charge in [0.15, 0.2) is 0 Å². The maximum Gasteiger partial charge on any atom is 0.114 e. The molecule has 8 nitrogen and oxygen atoms in total. The number of aliphatic hydroxyl groups is 1. The predicted molar refractivity (Wildman–Crippen MR) is 40.0 cm³/mol. The molecule has 0 aromatic heterocycles. The van der Waals surface area contributed by atoms with E-state index in [9.17, 15) is 29.7 Å². The maximum atomic E-state index is 10.1. The van der Waals surface area contributed by atoms with Crippen LogP contribution in [0.5, 0.6) is 0 Å². The Hall–Kier alpha value is -1.67. The number of aliphatic carboxylic acids is 3. The van der Waals surface area contributed by atoms with Crippen molar-refractivity contribution >= 4 is 17.9 Å². The van der Waals surface area contributed by atoms with E-state index in [2.05, 4.69) is 4.74 Å². The van der Waals surface area contributed by atoms with Crippen LogP contribution in [0.4, 0.5) is 0 Å². The number of rotatable bonds is 5. The molecule has 1 N–H and O–H groups in total. The number of hydrogen-bond donors (Lipinski definition) is 1. The highest BCUT2D eigenvalue weighted by atomic mass is 16.6. The molecule has 0 aliphatic carbocycles. The van der Waals surface area contributed by atoms with Crippen molar-refractivity contribution in [2.75, 3.05) is 13.2 Å². The predicted octanol–water partition coefficient (Wildman–Crippen LogP) is -5.24. The van der Waals surface area contributed by atoms with Crippen molar-refractivity contribution in [1.82, 2.24) is 0 Å². The average Bonchev–Trinajstić information content (AvgIpc) is 2.84. The lowest BCUT2D eigenvalue weighted by Crippen LogP contribution is -2.54. The second-order valence-corrected chi connectivity index (χ2v) is 3.03. The van der Waals surface area contributed by atoms with E-state index < -0.39 is 36.4 Å². The second-order valence-electron chi connectivity index (χ2n) is 3.03. The van der Waals surface area contributed by atoms with E-state index in [-0.39, 0.29) is 0 Å². The first-order valence-corrected chi connectivity index (χ1v) is 4.19. The first kappa shape index (κ1) is 14.3. The Kier molecular flexibility index (Phi) is 5.40. The Bertz CT molecular complexity index is 263. The van der Waals surface area contributed by atoms with Gasteiger partial charge >= 0.3 is 0 Å². The summed E-state index contributed by atoms with van der Waals surface area (Å²) in [6.07, 6.45) is -2.72. The van der Waals surface area contributed by atoms with Crippen molar-refractivity contribution in [1.29, 1.82) is 0 Å². The third-order valence-corrected chi connectivity index (χ3v) is 1.46. The van der Waals surface area contributed by atoms with Gasteiger partial charge in [0.1, 0.15) is 5.60 Å². The lowest BCUT2D eigenvalue weighted by Gasteiger charge is -2.29. The summed E-state index contributed by atoms with van der Waals surface area (Å²) in [5.41, 5.74) is -2.97. The molecule has 0 bridgehead atoms. The Morgan fingerprint density at radius 2 is 1.38 bits per heavy atom. The van der Waals surface area contributed by atoms with Gasteiger partial charge in [-0.1, -0.05) is 0 Å². The van der Waals surface area contributed by atoms with Gasteiger partial charge in [-0.3, -0.25) is 0 Å². The van der Waals surface area contributed by atoms with E-state index in [4.69, 9.17) is 5.11 Å². The van der Waals surface area contributed by atoms with Gasteiger partial charge in [0.25, 0.3) is 0 Å². The summed E-state index contributed by atoms with van der Waals surface area (Å²) in [6.45, 7) is 2.00.